The molecule has 0 saturated heterocycles. The molecule has 1 unspecified atom stereocenters. The van der Waals surface area contributed by atoms with Gasteiger partial charge in [-0.05, 0) is 24.1 Å². The van der Waals surface area contributed by atoms with Gasteiger partial charge in [-0.2, -0.15) is 0 Å². The number of carbonyl (C=O) groups excluding carboxylic acids is 1. The SMILES string of the molecule is CCc1oc(C(=O)Nc2cccc(CS(C)=O)c2C)cc1C(=O)O. The second-order valence-electron chi connectivity index (χ2n) is 5.37. The zero-order chi connectivity index (χ0) is 17.9. The number of hydrogen-bond acceptors (Lipinski definition) is 4. The summed E-state index contributed by atoms with van der Waals surface area (Å²) in [5, 5.41) is 11.8. The Kier molecular flexibility index (Phi) is 5.56. The van der Waals surface area contributed by atoms with E-state index in [-0.39, 0.29) is 17.1 Å². The molecule has 0 fully saturated rings. The van der Waals surface area contributed by atoms with Crippen LogP contribution in [-0.4, -0.2) is 27.4 Å². The van der Waals surface area contributed by atoms with Gasteiger partial charge in [0.25, 0.3) is 5.91 Å². The molecule has 0 spiro atoms. The molecule has 0 aliphatic carbocycles. The van der Waals surface area contributed by atoms with Gasteiger partial charge in [-0.15, -0.1) is 0 Å². The van der Waals surface area contributed by atoms with E-state index in [0.717, 1.165) is 11.1 Å². The van der Waals surface area contributed by atoms with Crippen LogP contribution in [0.15, 0.2) is 28.7 Å². The van der Waals surface area contributed by atoms with Crippen molar-refractivity contribution in [3.8, 4) is 0 Å². The molecule has 1 heterocycles. The van der Waals surface area contributed by atoms with E-state index in [4.69, 9.17) is 9.52 Å². The Morgan fingerprint density at radius 1 is 1.33 bits per heavy atom. The molecule has 0 aliphatic heterocycles. The summed E-state index contributed by atoms with van der Waals surface area (Å²) in [6, 6.07) is 6.60. The summed E-state index contributed by atoms with van der Waals surface area (Å²) < 4.78 is 16.8. The van der Waals surface area contributed by atoms with E-state index in [2.05, 4.69) is 5.32 Å². The summed E-state index contributed by atoms with van der Waals surface area (Å²) >= 11 is 0. The molecule has 6 nitrogen and oxygen atoms in total. The summed E-state index contributed by atoms with van der Waals surface area (Å²) in [5.74, 6) is -1.03. The normalized spacial score (nSPS) is 12.0. The van der Waals surface area contributed by atoms with Crippen LogP contribution in [-0.2, 0) is 23.0 Å². The van der Waals surface area contributed by atoms with Gasteiger partial charge in [0.15, 0.2) is 5.76 Å². The second-order valence-corrected chi connectivity index (χ2v) is 6.80. The molecular formula is C17H19NO5S. The lowest BCUT2D eigenvalue weighted by atomic mass is 10.1. The Morgan fingerprint density at radius 3 is 2.58 bits per heavy atom. The zero-order valence-electron chi connectivity index (χ0n) is 13.7. The van der Waals surface area contributed by atoms with Gasteiger partial charge in [-0.3, -0.25) is 9.00 Å². The van der Waals surface area contributed by atoms with E-state index in [1.807, 2.05) is 13.0 Å². The second kappa shape index (κ2) is 7.44. The first kappa shape index (κ1) is 17.9. The monoisotopic (exact) mass is 349 g/mol. The number of aromatic carboxylic acids is 1. The van der Waals surface area contributed by atoms with Crippen LogP contribution in [0, 0.1) is 6.92 Å². The quantitative estimate of drug-likeness (QED) is 0.836. The molecule has 1 aromatic heterocycles. The first-order valence-corrected chi connectivity index (χ1v) is 9.12. The summed E-state index contributed by atoms with van der Waals surface area (Å²) in [7, 11) is -0.987. The summed E-state index contributed by atoms with van der Waals surface area (Å²) in [6.45, 7) is 3.59. The van der Waals surface area contributed by atoms with Crippen LogP contribution < -0.4 is 5.32 Å². The third-order valence-corrected chi connectivity index (χ3v) is 4.35. The summed E-state index contributed by atoms with van der Waals surface area (Å²) in [4.78, 5) is 23.5. The number of nitrogens with one attached hydrogen (secondary N) is 1. The molecule has 0 bridgehead atoms. The minimum atomic E-state index is -1.13. The molecule has 1 atom stereocenters. The fraction of sp³-hybridized carbons (Fsp3) is 0.294. The molecule has 0 saturated carbocycles. The number of hydrogen-bond donors (Lipinski definition) is 2. The number of amides is 1. The van der Waals surface area contributed by atoms with Gasteiger partial charge in [-0.25, -0.2) is 4.79 Å². The highest BCUT2D eigenvalue weighted by molar-refractivity contribution is 7.83. The van der Waals surface area contributed by atoms with Gasteiger partial charge in [-0.1, -0.05) is 19.1 Å². The molecule has 0 aliphatic rings. The Labute approximate surface area is 142 Å². The van der Waals surface area contributed by atoms with Crippen molar-refractivity contribution < 1.29 is 23.3 Å². The first-order chi connectivity index (χ1) is 11.3. The van der Waals surface area contributed by atoms with Crippen molar-refractivity contribution in [2.45, 2.75) is 26.0 Å². The van der Waals surface area contributed by atoms with E-state index in [9.17, 15) is 13.8 Å². The highest BCUT2D eigenvalue weighted by Crippen LogP contribution is 2.22. The van der Waals surface area contributed by atoms with Crippen LogP contribution in [0.1, 0.15) is 44.7 Å². The van der Waals surface area contributed by atoms with Crippen molar-refractivity contribution in [1.29, 1.82) is 0 Å². The van der Waals surface area contributed by atoms with E-state index in [0.29, 0.717) is 17.9 Å². The van der Waals surface area contributed by atoms with Crippen LogP contribution in [0.5, 0.6) is 0 Å². The van der Waals surface area contributed by atoms with Crippen molar-refractivity contribution in [1.82, 2.24) is 0 Å². The molecule has 7 heteroatoms. The van der Waals surface area contributed by atoms with E-state index in [1.165, 1.54) is 6.07 Å². The minimum Gasteiger partial charge on any atom is -0.478 e. The lowest BCUT2D eigenvalue weighted by molar-refractivity contribution is 0.0694. The lowest BCUT2D eigenvalue weighted by Gasteiger charge is -2.11. The van der Waals surface area contributed by atoms with Crippen LogP contribution in [0.25, 0.3) is 0 Å². The standard InChI is InChI=1S/C17H19NO5S/c1-4-14-12(17(20)21)8-15(23-14)16(19)18-13-7-5-6-11(10(13)2)9-24(3)22/h5-8H,4,9H2,1-3H3,(H,18,19)(H,20,21). The third kappa shape index (κ3) is 3.91. The molecular weight excluding hydrogens is 330 g/mol. The van der Waals surface area contributed by atoms with Crippen LogP contribution in [0.2, 0.25) is 0 Å². The van der Waals surface area contributed by atoms with Crippen molar-refractivity contribution in [2.75, 3.05) is 11.6 Å². The van der Waals surface area contributed by atoms with Crippen molar-refractivity contribution in [3.63, 3.8) is 0 Å². The molecule has 2 aromatic rings. The number of aryl methyl sites for hydroxylation is 1. The Balaban J connectivity index is 2.27. The van der Waals surface area contributed by atoms with Crippen LogP contribution >= 0.6 is 0 Å². The number of anilines is 1. The van der Waals surface area contributed by atoms with Crippen molar-refractivity contribution in [3.05, 3.63) is 52.5 Å². The summed E-state index contributed by atoms with van der Waals surface area (Å²) in [5.41, 5.74) is 2.28. The smallest absolute Gasteiger partial charge is 0.339 e. The molecule has 128 valence electrons. The predicted octanol–water partition coefficient (Wildman–Crippen LogP) is 2.98. The largest absolute Gasteiger partial charge is 0.478 e. The van der Waals surface area contributed by atoms with Crippen LogP contribution in [0.3, 0.4) is 0 Å². The Bertz CT molecular complexity index is 809. The fourth-order valence-corrected chi connectivity index (χ4v) is 3.11. The van der Waals surface area contributed by atoms with Gasteiger partial charge in [0.1, 0.15) is 11.3 Å². The molecule has 0 radical (unpaired) electrons. The Morgan fingerprint density at radius 2 is 2.04 bits per heavy atom. The molecule has 1 amide bonds. The molecule has 2 N–H and O–H groups in total. The number of carboxylic acid groups (broad SMARTS) is 1. The molecule has 24 heavy (non-hydrogen) atoms. The molecule has 1 aromatic carbocycles. The topological polar surface area (TPSA) is 96.6 Å². The van der Waals surface area contributed by atoms with E-state index in [1.54, 1.807) is 25.3 Å². The van der Waals surface area contributed by atoms with Gasteiger partial charge in [0.05, 0.1) is 0 Å². The van der Waals surface area contributed by atoms with Crippen molar-refractivity contribution >= 4 is 28.4 Å². The number of furan rings is 1. The third-order valence-electron chi connectivity index (χ3n) is 3.64. The highest BCUT2D eigenvalue weighted by Gasteiger charge is 2.20. The maximum Gasteiger partial charge on any atom is 0.339 e. The average Bonchev–Trinajstić information content (AvgIpc) is 2.95. The fourth-order valence-electron chi connectivity index (χ4n) is 2.36. The van der Waals surface area contributed by atoms with Gasteiger partial charge in [0, 0.05) is 41.0 Å². The van der Waals surface area contributed by atoms with E-state index < -0.39 is 22.7 Å². The highest BCUT2D eigenvalue weighted by atomic mass is 32.2. The predicted molar refractivity (Wildman–Crippen MR) is 91.9 cm³/mol. The van der Waals surface area contributed by atoms with Gasteiger partial charge >= 0.3 is 5.97 Å². The van der Waals surface area contributed by atoms with Crippen LogP contribution in [0.4, 0.5) is 5.69 Å². The van der Waals surface area contributed by atoms with Crippen molar-refractivity contribution in [2.24, 2.45) is 0 Å². The number of carbonyl (C=O) groups is 2. The van der Waals surface area contributed by atoms with E-state index >= 15 is 0 Å². The van der Waals surface area contributed by atoms with Gasteiger partial charge in [0.2, 0.25) is 0 Å². The average molecular weight is 349 g/mol. The molecule has 2 rings (SSSR count). The zero-order valence-corrected chi connectivity index (χ0v) is 14.5. The first-order valence-electron chi connectivity index (χ1n) is 7.39. The number of carboxylic acids is 1. The Hall–Kier alpha value is -2.41. The number of rotatable bonds is 6. The number of benzene rings is 1. The van der Waals surface area contributed by atoms with Gasteiger partial charge < -0.3 is 14.8 Å². The maximum absolute atomic E-state index is 12.3. The lowest BCUT2D eigenvalue weighted by Crippen LogP contribution is -2.12. The minimum absolute atomic E-state index is 0.00509. The summed E-state index contributed by atoms with van der Waals surface area (Å²) in [6.07, 6.45) is 2.00. The maximum atomic E-state index is 12.3.